The Morgan fingerprint density at radius 1 is 1.20 bits per heavy atom. The number of piperidine rings is 1. The molecule has 2 atom stereocenters. The minimum atomic E-state index is -1.26. The van der Waals surface area contributed by atoms with E-state index in [1.165, 1.54) is 12.0 Å². The fraction of sp³-hybridized carbons (Fsp3) is 0.421. The third-order valence-corrected chi connectivity index (χ3v) is 4.76. The first-order chi connectivity index (χ1) is 11.8. The third kappa shape index (κ3) is 4.76. The summed E-state index contributed by atoms with van der Waals surface area (Å²) in [6.07, 6.45) is 3.04. The molecule has 0 bridgehead atoms. The number of fused-ring (bicyclic) bond motifs is 3. The number of Topliss-reactive ketones (excluding diaryl/α,β-unsaturated/α-hetero) is 1. The van der Waals surface area contributed by atoms with Gasteiger partial charge in [-0.3, -0.25) is 4.79 Å². The second kappa shape index (κ2) is 8.07. The summed E-state index contributed by atoms with van der Waals surface area (Å²) in [5.41, 5.74) is 3.47. The van der Waals surface area contributed by atoms with E-state index < -0.39 is 11.9 Å². The molecule has 1 fully saturated rings. The van der Waals surface area contributed by atoms with Gasteiger partial charge in [0.05, 0.1) is 0 Å². The maximum absolute atomic E-state index is 12.2. The second-order valence-electron chi connectivity index (χ2n) is 6.59. The molecule has 6 nitrogen and oxygen atoms in total. The number of carboxylic acid groups (broad SMARTS) is 2. The van der Waals surface area contributed by atoms with Crippen LogP contribution in [0.5, 0.6) is 0 Å². The van der Waals surface area contributed by atoms with Crippen molar-refractivity contribution in [2.75, 3.05) is 20.1 Å². The lowest BCUT2D eigenvalue weighted by atomic mass is 9.70. The SMILES string of the molecule is Cc1cccc2c1C(=O)C[C@@H]1CCN(C)C[C@H]21.O=C(O)C=CC(=O)O. The molecule has 1 heterocycles. The van der Waals surface area contributed by atoms with Crippen molar-refractivity contribution in [1.29, 1.82) is 0 Å². The summed E-state index contributed by atoms with van der Waals surface area (Å²) in [7, 11) is 2.18. The van der Waals surface area contributed by atoms with E-state index in [4.69, 9.17) is 10.2 Å². The first-order valence-electron chi connectivity index (χ1n) is 8.24. The highest BCUT2D eigenvalue weighted by Crippen LogP contribution is 2.41. The standard InChI is InChI=1S/C15H19NO.C4H4O4/c1-10-4-3-5-12-13-9-16(2)7-6-11(13)8-14(17)15(10)12;5-3(6)1-2-4(7)8/h3-5,11,13H,6-9H2,1-2H3;1-2H,(H,5,6)(H,7,8)/t11-,13-;/m0./s1. The Morgan fingerprint density at radius 2 is 1.84 bits per heavy atom. The van der Waals surface area contributed by atoms with E-state index in [-0.39, 0.29) is 0 Å². The number of hydrogen-bond donors (Lipinski definition) is 2. The molecule has 0 saturated carbocycles. The van der Waals surface area contributed by atoms with Gasteiger partial charge in [0.2, 0.25) is 0 Å². The van der Waals surface area contributed by atoms with Gasteiger partial charge in [-0.1, -0.05) is 18.2 Å². The van der Waals surface area contributed by atoms with E-state index in [0.717, 1.165) is 30.6 Å². The number of ketones is 1. The predicted molar refractivity (Wildman–Crippen MR) is 92.9 cm³/mol. The highest BCUT2D eigenvalue weighted by Gasteiger charge is 2.37. The number of carbonyl (C=O) groups excluding carboxylic acids is 1. The third-order valence-electron chi connectivity index (χ3n) is 4.76. The molecule has 1 aliphatic heterocycles. The fourth-order valence-corrected chi connectivity index (χ4v) is 3.62. The van der Waals surface area contributed by atoms with Gasteiger partial charge in [-0.05, 0) is 44.0 Å². The highest BCUT2D eigenvalue weighted by atomic mass is 16.4. The molecule has 2 N–H and O–H groups in total. The maximum atomic E-state index is 12.2. The lowest BCUT2D eigenvalue weighted by molar-refractivity contribution is -0.134. The monoisotopic (exact) mass is 345 g/mol. The van der Waals surface area contributed by atoms with Gasteiger partial charge in [-0.2, -0.15) is 0 Å². The van der Waals surface area contributed by atoms with Gasteiger partial charge >= 0.3 is 11.9 Å². The average Bonchev–Trinajstić information content (AvgIpc) is 2.54. The lowest BCUT2D eigenvalue weighted by Gasteiger charge is -2.40. The van der Waals surface area contributed by atoms with Gasteiger partial charge in [-0.15, -0.1) is 0 Å². The number of nitrogens with zero attached hydrogens (tertiary/aromatic N) is 1. The van der Waals surface area contributed by atoms with E-state index in [0.29, 0.717) is 29.8 Å². The Labute approximate surface area is 146 Å². The van der Waals surface area contributed by atoms with Crippen LogP contribution in [0, 0.1) is 12.8 Å². The van der Waals surface area contributed by atoms with Crippen LogP contribution in [0.25, 0.3) is 0 Å². The minimum Gasteiger partial charge on any atom is -0.478 e. The topological polar surface area (TPSA) is 94.9 Å². The van der Waals surface area contributed by atoms with Crippen LogP contribution in [0.4, 0.5) is 0 Å². The van der Waals surface area contributed by atoms with Crippen molar-refractivity contribution in [2.45, 2.75) is 25.7 Å². The van der Waals surface area contributed by atoms with Crippen molar-refractivity contribution in [3.63, 3.8) is 0 Å². The zero-order chi connectivity index (χ0) is 18.6. The molecule has 134 valence electrons. The van der Waals surface area contributed by atoms with E-state index >= 15 is 0 Å². The number of carbonyl (C=O) groups is 3. The summed E-state index contributed by atoms with van der Waals surface area (Å²) in [4.78, 5) is 33.7. The van der Waals surface area contributed by atoms with Crippen molar-refractivity contribution >= 4 is 17.7 Å². The Kier molecular flexibility index (Phi) is 6.09. The molecule has 0 spiro atoms. The van der Waals surface area contributed by atoms with E-state index in [1.54, 1.807) is 0 Å². The second-order valence-corrected chi connectivity index (χ2v) is 6.59. The number of aryl methyl sites for hydroxylation is 1. The summed E-state index contributed by atoms with van der Waals surface area (Å²) in [5.74, 6) is -1.00. The molecular weight excluding hydrogens is 322 g/mol. The van der Waals surface area contributed by atoms with Crippen molar-refractivity contribution in [3.05, 3.63) is 47.0 Å². The van der Waals surface area contributed by atoms with Crippen molar-refractivity contribution in [2.24, 2.45) is 5.92 Å². The first-order valence-corrected chi connectivity index (χ1v) is 8.24. The summed E-state index contributed by atoms with van der Waals surface area (Å²) >= 11 is 0. The van der Waals surface area contributed by atoms with Gasteiger partial charge in [0, 0.05) is 36.6 Å². The van der Waals surface area contributed by atoms with E-state index in [1.807, 2.05) is 0 Å². The van der Waals surface area contributed by atoms with Gasteiger partial charge in [0.15, 0.2) is 5.78 Å². The van der Waals surface area contributed by atoms with Crippen LogP contribution in [0.2, 0.25) is 0 Å². The number of aliphatic carboxylic acids is 2. The number of rotatable bonds is 2. The molecule has 1 aromatic rings. The lowest BCUT2D eigenvalue weighted by Crippen LogP contribution is -2.40. The van der Waals surface area contributed by atoms with E-state index in [2.05, 4.69) is 37.1 Å². The zero-order valence-electron chi connectivity index (χ0n) is 14.4. The molecule has 1 aliphatic carbocycles. The average molecular weight is 345 g/mol. The van der Waals surface area contributed by atoms with Crippen LogP contribution in [-0.4, -0.2) is 53.0 Å². The van der Waals surface area contributed by atoms with Gasteiger partial charge < -0.3 is 15.1 Å². The smallest absolute Gasteiger partial charge is 0.328 e. The summed E-state index contributed by atoms with van der Waals surface area (Å²) in [6, 6.07) is 6.32. The van der Waals surface area contributed by atoms with Crippen molar-refractivity contribution < 1.29 is 24.6 Å². The Hall–Kier alpha value is -2.47. The number of hydrogen-bond acceptors (Lipinski definition) is 4. The molecule has 1 saturated heterocycles. The first kappa shape index (κ1) is 18.9. The molecule has 25 heavy (non-hydrogen) atoms. The van der Waals surface area contributed by atoms with Crippen LogP contribution in [-0.2, 0) is 9.59 Å². The van der Waals surface area contributed by atoms with Gasteiger partial charge in [0.1, 0.15) is 0 Å². The van der Waals surface area contributed by atoms with Crippen LogP contribution >= 0.6 is 0 Å². The molecule has 1 aromatic carbocycles. The Balaban J connectivity index is 0.000000242. The summed E-state index contributed by atoms with van der Waals surface area (Å²) in [5, 5.41) is 15.6. The Morgan fingerprint density at radius 3 is 2.44 bits per heavy atom. The zero-order valence-corrected chi connectivity index (χ0v) is 14.4. The van der Waals surface area contributed by atoms with Crippen molar-refractivity contribution in [1.82, 2.24) is 4.90 Å². The number of likely N-dealkylation sites (N-methyl/N-ethyl adjacent to an activating group) is 1. The van der Waals surface area contributed by atoms with Crippen LogP contribution < -0.4 is 0 Å². The molecule has 3 rings (SSSR count). The molecule has 6 heteroatoms. The molecule has 0 aromatic heterocycles. The summed E-state index contributed by atoms with van der Waals surface area (Å²) < 4.78 is 0. The molecule has 0 unspecified atom stereocenters. The quantitative estimate of drug-likeness (QED) is 0.799. The predicted octanol–water partition coefficient (Wildman–Crippen LogP) is 2.33. The highest BCUT2D eigenvalue weighted by molar-refractivity contribution is 6.00. The van der Waals surface area contributed by atoms with E-state index in [9.17, 15) is 14.4 Å². The Bertz CT molecular complexity index is 694. The summed E-state index contributed by atoms with van der Waals surface area (Å²) in [6.45, 7) is 4.30. The van der Waals surface area contributed by atoms with Gasteiger partial charge in [-0.25, -0.2) is 9.59 Å². The molecule has 0 amide bonds. The number of benzene rings is 1. The number of likely N-dealkylation sites (tertiary alicyclic amines) is 1. The van der Waals surface area contributed by atoms with Crippen molar-refractivity contribution in [3.8, 4) is 0 Å². The molecular formula is C19H23NO5. The normalized spacial score (nSPS) is 22.6. The molecule has 0 radical (unpaired) electrons. The van der Waals surface area contributed by atoms with Crippen LogP contribution in [0.1, 0.15) is 40.2 Å². The van der Waals surface area contributed by atoms with Crippen LogP contribution in [0.15, 0.2) is 30.4 Å². The maximum Gasteiger partial charge on any atom is 0.328 e. The largest absolute Gasteiger partial charge is 0.478 e. The fourth-order valence-electron chi connectivity index (χ4n) is 3.62. The minimum absolute atomic E-state index is 0.365. The molecule has 2 aliphatic rings. The van der Waals surface area contributed by atoms with Gasteiger partial charge in [0.25, 0.3) is 0 Å². The number of carboxylic acids is 2. The van der Waals surface area contributed by atoms with Crippen LogP contribution in [0.3, 0.4) is 0 Å².